The van der Waals surface area contributed by atoms with E-state index in [-0.39, 0.29) is 34.5 Å². The van der Waals surface area contributed by atoms with Crippen LogP contribution in [0, 0.1) is 6.92 Å². The summed E-state index contributed by atoms with van der Waals surface area (Å²) in [6.07, 6.45) is 6.38. The molecular weight excluding hydrogens is 592 g/mol. The van der Waals surface area contributed by atoms with Gasteiger partial charge in [-0.05, 0) is 75.1 Å². The second-order valence-electron chi connectivity index (χ2n) is 11.4. The zero-order valence-corrected chi connectivity index (χ0v) is 25.9. The Kier molecular flexibility index (Phi) is 8.44. The number of hydrogen-bond donors (Lipinski definition) is 3. The zero-order valence-electron chi connectivity index (χ0n) is 25.1. The fourth-order valence-corrected chi connectivity index (χ4v) is 7.01. The molecule has 0 spiro atoms. The molecule has 0 aliphatic carbocycles. The number of aromatic nitrogens is 3. The van der Waals surface area contributed by atoms with Crippen LogP contribution in [0.3, 0.4) is 0 Å². The minimum Gasteiger partial charge on any atom is -0.365 e. The minimum atomic E-state index is -3.98. The predicted molar refractivity (Wildman–Crippen MR) is 174 cm³/mol. The number of anilines is 4. The lowest BCUT2D eigenvalue weighted by Crippen LogP contribution is -2.44. The fraction of sp³-hybridized carbons (Fsp3) is 0.312. The summed E-state index contributed by atoms with van der Waals surface area (Å²) in [6.45, 7) is 8.08. The fourth-order valence-electron chi connectivity index (χ4n) is 5.72. The number of nitrogens with one attached hydrogen (secondary N) is 3. The number of fused-ring (bicyclic) bond motifs is 1. The third-order valence-corrected chi connectivity index (χ3v) is 9.78. The Bertz CT molecular complexity index is 1850. The van der Waals surface area contributed by atoms with Crippen molar-refractivity contribution in [3.63, 3.8) is 0 Å². The van der Waals surface area contributed by atoms with Gasteiger partial charge in [0, 0.05) is 49.8 Å². The highest BCUT2D eigenvalue weighted by molar-refractivity contribution is 7.90. The van der Waals surface area contributed by atoms with Gasteiger partial charge >= 0.3 is 6.03 Å². The van der Waals surface area contributed by atoms with E-state index in [1.165, 1.54) is 12.3 Å². The summed E-state index contributed by atoms with van der Waals surface area (Å²) in [6, 6.07) is 15.3. The van der Waals surface area contributed by atoms with Crippen LogP contribution in [-0.4, -0.2) is 76.3 Å². The van der Waals surface area contributed by atoms with Crippen molar-refractivity contribution in [3.8, 4) is 0 Å². The number of benzene rings is 2. The number of urea groups is 1. The standard InChI is InChI=1S/C32H36N8O4S/c1-3-28(41)39-18-7-10-25(21-39)33-29-27-15-19-40(45(43,44)26-13-11-22(2)12-14-26)30(27)37-31(36-29)34-23-8-6-9-24(20-23)35-32(42)38-16-4-5-17-38/h3,6,8-9,11-15,19-20,25H,1,4-5,7,10,16-18,21H2,2H3,(H,35,42)(H2,33,34,36,37)/t25-/m1/s1. The van der Waals surface area contributed by atoms with E-state index in [4.69, 9.17) is 4.98 Å². The van der Waals surface area contributed by atoms with Crippen molar-refractivity contribution in [2.45, 2.75) is 43.5 Å². The van der Waals surface area contributed by atoms with E-state index in [2.05, 4.69) is 27.5 Å². The Balaban J connectivity index is 1.35. The minimum absolute atomic E-state index is 0.116. The van der Waals surface area contributed by atoms with Crippen LogP contribution in [0.15, 0.2) is 78.3 Å². The summed E-state index contributed by atoms with van der Waals surface area (Å²) in [7, 11) is -3.98. The monoisotopic (exact) mass is 628 g/mol. The molecule has 6 rings (SSSR count). The second kappa shape index (κ2) is 12.6. The van der Waals surface area contributed by atoms with E-state index < -0.39 is 10.0 Å². The second-order valence-corrected chi connectivity index (χ2v) is 13.2. The number of aryl methyl sites for hydroxylation is 1. The van der Waals surface area contributed by atoms with Gasteiger partial charge in [0.05, 0.1) is 10.3 Å². The van der Waals surface area contributed by atoms with Crippen LogP contribution < -0.4 is 16.0 Å². The molecule has 45 heavy (non-hydrogen) atoms. The molecule has 0 bridgehead atoms. The summed E-state index contributed by atoms with van der Waals surface area (Å²) >= 11 is 0. The topological polar surface area (TPSA) is 142 Å². The normalized spacial score (nSPS) is 16.9. The first-order valence-corrected chi connectivity index (χ1v) is 16.5. The van der Waals surface area contributed by atoms with Gasteiger partial charge in [0.25, 0.3) is 10.0 Å². The third kappa shape index (κ3) is 6.48. The summed E-state index contributed by atoms with van der Waals surface area (Å²) in [5, 5.41) is 10.1. The van der Waals surface area contributed by atoms with Gasteiger partial charge in [-0.15, -0.1) is 0 Å². The third-order valence-electron chi connectivity index (χ3n) is 8.10. The molecule has 2 aromatic carbocycles. The smallest absolute Gasteiger partial charge is 0.321 e. The van der Waals surface area contributed by atoms with Crippen molar-refractivity contribution in [2.24, 2.45) is 0 Å². The van der Waals surface area contributed by atoms with Gasteiger partial charge in [-0.3, -0.25) is 4.79 Å². The van der Waals surface area contributed by atoms with E-state index in [0.29, 0.717) is 35.7 Å². The average Bonchev–Trinajstić information content (AvgIpc) is 3.73. The maximum Gasteiger partial charge on any atom is 0.321 e. The molecule has 2 fully saturated rings. The first kappa shape index (κ1) is 30.1. The molecule has 2 aromatic heterocycles. The zero-order chi connectivity index (χ0) is 31.6. The van der Waals surface area contributed by atoms with Gasteiger partial charge in [0.1, 0.15) is 5.82 Å². The van der Waals surface area contributed by atoms with Crippen molar-refractivity contribution in [1.82, 2.24) is 23.7 Å². The molecule has 13 heteroatoms. The molecule has 0 unspecified atom stereocenters. The van der Waals surface area contributed by atoms with Crippen LogP contribution in [0.1, 0.15) is 31.2 Å². The maximum absolute atomic E-state index is 13.8. The quantitative estimate of drug-likeness (QED) is 0.233. The lowest BCUT2D eigenvalue weighted by Gasteiger charge is -2.33. The highest BCUT2D eigenvalue weighted by atomic mass is 32.2. The van der Waals surface area contributed by atoms with Crippen molar-refractivity contribution in [2.75, 3.05) is 42.1 Å². The molecule has 2 aliphatic rings. The first-order valence-electron chi connectivity index (χ1n) is 15.0. The molecule has 12 nitrogen and oxygen atoms in total. The van der Waals surface area contributed by atoms with E-state index in [9.17, 15) is 18.0 Å². The Morgan fingerprint density at radius 2 is 1.69 bits per heavy atom. The van der Waals surface area contributed by atoms with Crippen molar-refractivity contribution in [1.29, 1.82) is 0 Å². The number of rotatable bonds is 8. The molecule has 0 radical (unpaired) electrons. The van der Waals surface area contributed by atoms with Gasteiger partial charge in [-0.2, -0.15) is 9.97 Å². The van der Waals surface area contributed by atoms with Crippen LogP contribution >= 0.6 is 0 Å². The lowest BCUT2D eigenvalue weighted by atomic mass is 10.1. The van der Waals surface area contributed by atoms with Crippen molar-refractivity contribution >= 4 is 56.1 Å². The molecule has 3 N–H and O–H groups in total. The van der Waals surface area contributed by atoms with E-state index in [0.717, 1.165) is 48.3 Å². The van der Waals surface area contributed by atoms with Gasteiger partial charge in [-0.25, -0.2) is 17.2 Å². The van der Waals surface area contributed by atoms with E-state index in [1.807, 2.05) is 13.0 Å². The van der Waals surface area contributed by atoms with Gasteiger partial charge < -0.3 is 25.8 Å². The first-order chi connectivity index (χ1) is 21.7. The van der Waals surface area contributed by atoms with Gasteiger partial charge in [0.15, 0.2) is 5.65 Å². The molecule has 2 aliphatic heterocycles. The Morgan fingerprint density at radius 1 is 0.956 bits per heavy atom. The lowest BCUT2D eigenvalue weighted by molar-refractivity contribution is -0.127. The van der Waals surface area contributed by atoms with Crippen LogP contribution in [0.2, 0.25) is 0 Å². The Hall–Kier alpha value is -4.91. The number of likely N-dealkylation sites (tertiary alicyclic amines) is 2. The molecule has 0 saturated carbocycles. The molecular formula is C32H36N8O4S. The SMILES string of the molecule is C=CC(=O)N1CCC[C@@H](Nc2nc(Nc3cccc(NC(=O)N4CCCC4)c3)nc3c2ccn3S(=O)(=O)c2ccc(C)cc2)C1. The van der Waals surface area contributed by atoms with E-state index >= 15 is 0 Å². The highest BCUT2D eigenvalue weighted by Gasteiger charge is 2.26. The number of nitrogens with zero attached hydrogens (tertiary/aromatic N) is 5. The highest BCUT2D eigenvalue weighted by Crippen LogP contribution is 2.30. The van der Waals surface area contributed by atoms with E-state index in [1.54, 1.807) is 58.3 Å². The number of amides is 3. The predicted octanol–water partition coefficient (Wildman–Crippen LogP) is 4.94. The molecule has 1 atom stereocenters. The number of carbonyl (C=O) groups is 2. The van der Waals surface area contributed by atoms with Crippen molar-refractivity contribution in [3.05, 3.63) is 79.0 Å². The molecule has 234 valence electrons. The van der Waals surface area contributed by atoms with Crippen LogP contribution in [-0.2, 0) is 14.8 Å². The Morgan fingerprint density at radius 3 is 2.44 bits per heavy atom. The van der Waals surface area contributed by atoms with Crippen molar-refractivity contribution < 1.29 is 18.0 Å². The number of hydrogen-bond acceptors (Lipinski definition) is 8. The maximum atomic E-state index is 13.8. The van der Waals surface area contributed by atoms with Crippen LogP contribution in [0.25, 0.3) is 11.0 Å². The van der Waals surface area contributed by atoms with Crippen LogP contribution in [0.5, 0.6) is 0 Å². The molecule has 4 aromatic rings. The largest absolute Gasteiger partial charge is 0.365 e. The number of piperidine rings is 1. The molecule has 2 saturated heterocycles. The average molecular weight is 629 g/mol. The molecule has 3 amide bonds. The van der Waals surface area contributed by atoms with Gasteiger partial charge in [-0.1, -0.05) is 30.3 Å². The van der Waals surface area contributed by atoms with Crippen LogP contribution in [0.4, 0.5) is 27.9 Å². The molecule has 4 heterocycles. The summed E-state index contributed by atoms with van der Waals surface area (Å²) in [5.41, 5.74) is 2.36. The summed E-state index contributed by atoms with van der Waals surface area (Å²) in [5.74, 6) is 0.474. The summed E-state index contributed by atoms with van der Waals surface area (Å²) in [4.78, 5) is 38.0. The van der Waals surface area contributed by atoms with Gasteiger partial charge in [0.2, 0.25) is 11.9 Å². The Labute approximate surface area is 262 Å². The summed E-state index contributed by atoms with van der Waals surface area (Å²) < 4.78 is 28.7. The number of carbonyl (C=O) groups excluding carboxylic acids is 2.